The first kappa shape index (κ1) is 12.9. The molecule has 1 aromatic rings. The van der Waals surface area contributed by atoms with E-state index in [0.29, 0.717) is 24.6 Å². The Morgan fingerprint density at radius 1 is 1.56 bits per heavy atom. The van der Waals surface area contributed by atoms with Gasteiger partial charge in [-0.3, -0.25) is 4.79 Å². The molecule has 0 bridgehead atoms. The first-order valence-electron chi connectivity index (χ1n) is 6.10. The van der Waals surface area contributed by atoms with E-state index in [-0.39, 0.29) is 17.9 Å². The molecule has 3 N–H and O–H groups in total. The van der Waals surface area contributed by atoms with E-state index < -0.39 is 6.10 Å². The zero-order chi connectivity index (χ0) is 13.1. The van der Waals surface area contributed by atoms with Crippen molar-refractivity contribution < 1.29 is 9.90 Å². The maximum atomic E-state index is 12.0. The molecule has 1 aliphatic rings. The van der Waals surface area contributed by atoms with Crippen LogP contribution in [0, 0.1) is 0 Å². The summed E-state index contributed by atoms with van der Waals surface area (Å²) in [6, 6.07) is 1.32. The average Bonchev–Trinajstić information content (AvgIpc) is 2.75. The second kappa shape index (κ2) is 5.41. The molecule has 18 heavy (non-hydrogen) atoms. The summed E-state index contributed by atoms with van der Waals surface area (Å²) >= 11 is 0. The molecule has 0 aliphatic carbocycles. The van der Waals surface area contributed by atoms with Crippen molar-refractivity contribution in [2.75, 3.05) is 13.1 Å². The number of aliphatic hydroxyl groups is 1. The zero-order valence-electron chi connectivity index (χ0n) is 10.6. The molecule has 1 aliphatic heterocycles. The van der Waals surface area contributed by atoms with Crippen LogP contribution in [0.4, 0.5) is 0 Å². The van der Waals surface area contributed by atoms with Crippen LogP contribution >= 0.6 is 0 Å². The predicted octanol–water partition coefficient (Wildman–Crippen LogP) is -0.338. The monoisotopic (exact) mass is 250 g/mol. The van der Waals surface area contributed by atoms with E-state index in [0.717, 1.165) is 0 Å². The number of aliphatic hydroxyl groups excluding tert-OH is 1. The van der Waals surface area contributed by atoms with Crippen molar-refractivity contribution in [1.29, 1.82) is 0 Å². The lowest BCUT2D eigenvalue weighted by molar-refractivity contribution is 0.0883. The van der Waals surface area contributed by atoms with Crippen molar-refractivity contribution in [3.05, 3.63) is 23.8 Å². The molecular formula is C12H18N4O2. The summed E-state index contributed by atoms with van der Waals surface area (Å²) in [5, 5.41) is 15.4. The number of nitrogens with zero attached hydrogens (tertiary/aromatic N) is 2. The molecule has 1 fully saturated rings. The standard InChI is InChI=1S/C12H18N4O2/c1-7(2)11-14-4-3-8(15-11)12(18)16-9-5-13-6-10(9)17/h3-4,7,9-10,13,17H,5-6H2,1-2H3,(H,16,18). The first-order valence-corrected chi connectivity index (χ1v) is 6.10. The van der Waals surface area contributed by atoms with Crippen molar-refractivity contribution in [2.45, 2.75) is 31.9 Å². The van der Waals surface area contributed by atoms with Crippen molar-refractivity contribution in [2.24, 2.45) is 0 Å². The van der Waals surface area contributed by atoms with Crippen LogP contribution in [0.3, 0.4) is 0 Å². The van der Waals surface area contributed by atoms with Crippen LogP contribution in [0.1, 0.15) is 36.1 Å². The van der Waals surface area contributed by atoms with Crippen molar-refractivity contribution in [1.82, 2.24) is 20.6 Å². The summed E-state index contributed by atoms with van der Waals surface area (Å²) in [6.45, 7) is 5.03. The van der Waals surface area contributed by atoms with Crippen LogP contribution in [0.5, 0.6) is 0 Å². The van der Waals surface area contributed by atoms with Gasteiger partial charge < -0.3 is 15.7 Å². The average molecular weight is 250 g/mol. The van der Waals surface area contributed by atoms with Gasteiger partial charge in [0, 0.05) is 25.2 Å². The van der Waals surface area contributed by atoms with Gasteiger partial charge in [-0.05, 0) is 6.07 Å². The Kier molecular flexibility index (Phi) is 3.88. The SMILES string of the molecule is CC(C)c1nccc(C(=O)NC2CNCC2O)n1. The number of hydrogen-bond donors (Lipinski definition) is 3. The third kappa shape index (κ3) is 2.83. The number of carbonyl (C=O) groups excluding carboxylic acids is 1. The Morgan fingerprint density at radius 2 is 2.33 bits per heavy atom. The van der Waals surface area contributed by atoms with Crippen LogP contribution in [-0.2, 0) is 0 Å². The van der Waals surface area contributed by atoms with Crippen LogP contribution in [-0.4, -0.2) is 46.2 Å². The number of nitrogens with one attached hydrogen (secondary N) is 2. The highest BCUT2D eigenvalue weighted by atomic mass is 16.3. The maximum Gasteiger partial charge on any atom is 0.270 e. The van der Waals surface area contributed by atoms with Crippen molar-refractivity contribution in [3.63, 3.8) is 0 Å². The summed E-state index contributed by atoms with van der Waals surface area (Å²) in [5.41, 5.74) is 0.341. The number of hydrogen-bond acceptors (Lipinski definition) is 5. The number of β-amino-alcohol motifs (C(OH)–C–C–N with tert-alkyl or cyclic N) is 1. The molecule has 0 aromatic carbocycles. The molecule has 6 heteroatoms. The van der Waals surface area contributed by atoms with Gasteiger partial charge in [0.2, 0.25) is 0 Å². The Bertz CT molecular complexity index is 436. The number of aromatic nitrogens is 2. The highest BCUT2D eigenvalue weighted by Crippen LogP contribution is 2.08. The van der Waals surface area contributed by atoms with E-state index in [2.05, 4.69) is 20.6 Å². The van der Waals surface area contributed by atoms with Gasteiger partial charge in [-0.15, -0.1) is 0 Å². The minimum Gasteiger partial charge on any atom is -0.390 e. The highest BCUT2D eigenvalue weighted by molar-refractivity contribution is 5.92. The Labute approximate surface area is 106 Å². The van der Waals surface area contributed by atoms with Gasteiger partial charge in [-0.1, -0.05) is 13.8 Å². The topological polar surface area (TPSA) is 87.1 Å². The van der Waals surface area contributed by atoms with Gasteiger partial charge in [-0.25, -0.2) is 9.97 Å². The summed E-state index contributed by atoms with van der Waals surface area (Å²) in [4.78, 5) is 20.3. The Balaban J connectivity index is 2.06. The van der Waals surface area contributed by atoms with Crippen LogP contribution < -0.4 is 10.6 Å². The molecule has 2 rings (SSSR count). The summed E-state index contributed by atoms with van der Waals surface area (Å²) in [5.74, 6) is 0.552. The molecule has 2 heterocycles. The second-order valence-electron chi connectivity index (χ2n) is 4.76. The summed E-state index contributed by atoms with van der Waals surface area (Å²) in [7, 11) is 0. The van der Waals surface area contributed by atoms with E-state index in [1.165, 1.54) is 0 Å². The second-order valence-corrected chi connectivity index (χ2v) is 4.76. The third-order valence-corrected chi connectivity index (χ3v) is 2.92. The van der Waals surface area contributed by atoms with Crippen LogP contribution in [0.25, 0.3) is 0 Å². The molecule has 0 saturated carbocycles. The number of rotatable bonds is 3. The first-order chi connectivity index (χ1) is 8.58. The Hall–Kier alpha value is -1.53. The van der Waals surface area contributed by atoms with E-state index in [9.17, 15) is 9.90 Å². The van der Waals surface area contributed by atoms with Crippen molar-refractivity contribution in [3.8, 4) is 0 Å². The van der Waals surface area contributed by atoms with Gasteiger partial charge in [0.1, 0.15) is 11.5 Å². The van der Waals surface area contributed by atoms with Gasteiger partial charge >= 0.3 is 0 Å². The van der Waals surface area contributed by atoms with E-state index in [4.69, 9.17) is 0 Å². The third-order valence-electron chi connectivity index (χ3n) is 2.92. The predicted molar refractivity (Wildman–Crippen MR) is 66.3 cm³/mol. The molecule has 2 unspecified atom stereocenters. The number of carbonyl (C=O) groups is 1. The summed E-state index contributed by atoms with van der Waals surface area (Å²) < 4.78 is 0. The molecule has 98 valence electrons. The fourth-order valence-electron chi connectivity index (χ4n) is 1.83. The van der Waals surface area contributed by atoms with E-state index >= 15 is 0 Å². The molecule has 2 atom stereocenters. The molecule has 6 nitrogen and oxygen atoms in total. The van der Waals surface area contributed by atoms with E-state index in [1.807, 2.05) is 13.8 Å². The lowest BCUT2D eigenvalue weighted by atomic mass is 10.2. The van der Waals surface area contributed by atoms with Gasteiger partial charge in [0.15, 0.2) is 0 Å². The molecule has 1 saturated heterocycles. The minimum atomic E-state index is -0.541. The lowest BCUT2D eigenvalue weighted by Crippen LogP contribution is -2.43. The zero-order valence-corrected chi connectivity index (χ0v) is 10.6. The van der Waals surface area contributed by atoms with Gasteiger partial charge in [0.05, 0.1) is 12.1 Å². The molecular weight excluding hydrogens is 232 g/mol. The Morgan fingerprint density at radius 3 is 2.94 bits per heavy atom. The highest BCUT2D eigenvalue weighted by Gasteiger charge is 2.27. The van der Waals surface area contributed by atoms with Crippen molar-refractivity contribution >= 4 is 5.91 Å². The largest absolute Gasteiger partial charge is 0.390 e. The normalized spacial score (nSPS) is 23.3. The quantitative estimate of drug-likeness (QED) is 0.683. The number of amides is 1. The fourth-order valence-corrected chi connectivity index (χ4v) is 1.83. The van der Waals surface area contributed by atoms with Gasteiger partial charge in [0.25, 0.3) is 5.91 Å². The summed E-state index contributed by atoms with van der Waals surface area (Å²) in [6.07, 6.45) is 1.04. The van der Waals surface area contributed by atoms with E-state index in [1.54, 1.807) is 12.3 Å². The molecule has 1 amide bonds. The minimum absolute atomic E-state index is 0.177. The lowest BCUT2D eigenvalue weighted by Gasteiger charge is -2.15. The smallest absolute Gasteiger partial charge is 0.270 e. The molecule has 1 aromatic heterocycles. The molecule has 0 radical (unpaired) electrons. The maximum absolute atomic E-state index is 12.0. The van der Waals surface area contributed by atoms with Crippen LogP contribution in [0.2, 0.25) is 0 Å². The van der Waals surface area contributed by atoms with Crippen LogP contribution in [0.15, 0.2) is 12.3 Å². The molecule has 0 spiro atoms. The van der Waals surface area contributed by atoms with Gasteiger partial charge in [-0.2, -0.15) is 0 Å². The fraction of sp³-hybridized carbons (Fsp3) is 0.583.